The predicted octanol–water partition coefficient (Wildman–Crippen LogP) is 0.0892. The summed E-state index contributed by atoms with van der Waals surface area (Å²) in [4.78, 5) is 11.0. The predicted molar refractivity (Wildman–Crippen MR) is 31.3 cm³/mol. The molecular formula is C7H8O3. The van der Waals surface area contributed by atoms with Crippen molar-refractivity contribution < 1.29 is 14.3 Å². The summed E-state index contributed by atoms with van der Waals surface area (Å²) in [6.07, 6.45) is 2.40. The minimum Gasteiger partial charge on any atom is -0.459 e. The molecule has 54 valence electrons. The number of carbonyl (C=O) groups excluding carboxylic acids is 1. The van der Waals surface area contributed by atoms with Crippen LogP contribution in [0.3, 0.4) is 0 Å². The van der Waals surface area contributed by atoms with Gasteiger partial charge in [0.2, 0.25) is 0 Å². The Morgan fingerprint density at radius 3 is 2.90 bits per heavy atom. The van der Waals surface area contributed by atoms with E-state index in [1.54, 1.807) is 0 Å². The molecule has 0 radical (unpaired) electrons. The van der Waals surface area contributed by atoms with Gasteiger partial charge >= 0.3 is 5.97 Å². The average molecular weight is 140 g/mol. The average Bonchev–Trinajstić information content (AvgIpc) is 2.44. The summed E-state index contributed by atoms with van der Waals surface area (Å²) in [5.74, 6) is 0.0544. The molecule has 4 atom stereocenters. The number of ether oxygens (including phenoxy) is 2. The van der Waals surface area contributed by atoms with Gasteiger partial charge in [-0.2, -0.15) is 0 Å². The van der Waals surface area contributed by atoms with Gasteiger partial charge in [-0.05, 0) is 6.42 Å². The molecule has 0 unspecified atom stereocenters. The lowest BCUT2D eigenvalue weighted by molar-refractivity contribution is -0.143. The molecule has 0 N–H and O–H groups in total. The van der Waals surface area contributed by atoms with Gasteiger partial charge < -0.3 is 9.47 Å². The molecule has 3 aliphatic rings. The molecule has 0 spiro atoms. The number of hydrogen-bond acceptors (Lipinski definition) is 3. The summed E-state index contributed by atoms with van der Waals surface area (Å²) in [6, 6.07) is 0. The van der Waals surface area contributed by atoms with E-state index in [1.807, 2.05) is 0 Å². The number of hydrogen-bond donors (Lipinski definition) is 0. The van der Waals surface area contributed by atoms with E-state index < -0.39 is 0 Å². The first-order valence-corrected chi connectivity index (χ1v) is 3.70. The highest BCUT2D eigenvalue weighted by molar-refractivity contribution is 5.76. The Bertz CT molecular complexity index is 199. The molecule has 10 heavy (non-hydrogen) atoms. The highest BCUT2D eigenvalue weighted by Crippen LogP contribution is 2.45. The van der Waals surface area contributed by atoms with Crippen molar-refractivity contribution in [3.63, 3.8) is 0 Å². The third-order valence-electron chi connectivity index (χ3n) is 2.69. The van der Waals surface area contributed by atoms with Crippen molar-refractivity contribution in [2.45, 2.75) is 31.2 Å². The van der Waals surface area contributed by atoms with Gasteiger partial charge in [-0.1, -0.05) is 0 Å². The minimum atomic E-state index is -0.0324. The molecule has 3 saturated heterocycles. The van der Waals surface area contributed by atoms with Crippen LogP contribution in [0.4, 0.5) is 0 Å². The SMILES string of the molecule is O=C1O[C@@H]2C[C@H]3C[C@@H]1[C@H]2O3. The summed E-state index contributed by atoms with van der Waals surface area (Å²) < 4.78 is 10.6. The highest BCUT2D eigenvalue weighted by Gasteiger charge is 2.57. The molecule has 3 nitrogen and oxygen atoms in total. The normalized spacial score (nSPS) is 55.8. The topological polar surface area (TPSA) is 35.5 Å². The fourth-order valence-corrected chi connectivity index (χ4v) is 2.26. The highest BCUT2D eigenvalue weighted by atomic mass is 16.6. The van der Waals surface area contributed by atoms with Crippen molar-refractivity contribution in [2.75, 3.05) is 0 Å². The second-order valence-electron chi connectivity index (χ2n) is 3.28. The van der Waals surface area contributed by atoms with Crippen molar-refractivity contribution in [1.82, 2.24) is 0 Å². The summed E-state index contributed by atoms with van der Waals surface area (Å²) >= 11 is 0. The van der Waals surface area contributed by atoms with Gasteiger partial charge in [0.15, 0.2) is 0 Å². The fourth-order valence-electron chi connectivity index (χ4n) is 2.26. The Hall–Kier alpha value is -0.570. The van der Waals surface area contributed by atoms with Crippen molar-refractivity contribution in [1.29, 1.82) is 0 Å². The van der Waals surface area contributed by atoms with E-state index in [4.69, 9.17) is 9.47 Å². The maximum atomic E-state index is 11.0. The van der Waals surface area contributed by atoms with Crippen LogP contribution < -0.4 is 0 Å². The molecule has 3 heteroatoms. The molecule has 0 amide bonds. The minimum absolute atomic E-state index is 0.0324. The van der Waals surface area contributed by atoms with Crippen LogP contribution >= 0.6 is 0 Å². The molecule has 0 saturated carbocycles. The van der Waals surface area contributed by atoms with Crippen LogP contribution in [0.2, 0.25) is 0 Å². The zero-order valence-corrected chi connectivity index (χ0v) is 5.45. The molecule has 2 bridgehead atoms. The Kier molecular flexibility index (Phi) is 0.703. The molecule has 3 aliphatic heterocycles. The van der Waals surface area contributed by atoms with Crippen LogP contribution in [0, 0.1) is 5.92 Å². The molecule has 0 aromatic heterocycles. The van der Waals surface area contributed by atoms with Gasteiger partial charge in [-0.15, -0.1) is 0 Å². The van der Waals surface area contributed by atoms with E-state index in [1.165, 1.54) is 0 Å². The van der Waals surface area contributed by atoms with Crippen molar-refractivity contribution >= 4 is 5.97 Å². The lowest BCUT2D eigenvalue weighted by Gasteiger charge is -2.07. The number of fused-ring (bicyclic) bond motifs is 1. The van der Waals surface area contributed by atoms with Gasteiger partial charge in [0, 0.05) is 6.42 Å². The Balaban J connectivity index is 2.05. The zero-order chi connectivity index (χ0) is 6.72. The fraction of sp³-hybridized carbons (Fsp3) is 0.857. The van der Waals surface area contributed by atoms with Crippen LogP contribution in [-0.4, -0.2) is 24.3 Å². The summed E-state index contributed by atoms with van der Waals surface area (Å²) in [7, 11) is 0. The molecule has 0 aromatic rings. The molecule has 3 rings (SSSR count). The molecule has 3 fully saturated rings. The van der Waals surface area contributed by atoms with Gasteiger partial charge in [0.25, 0.3) is 0 Å². The van der Waals surface area contributed by atoms with E-state index in [0.29, 0.717) is 6.10 Å². The van der Waals surface area contributed by atoms with Crippen LogP contribution in [0.1, 0.15) is 12.8 Å². The summed E-state index contributed by atoms with van der Waals surface area (Å²) in [5, 5.41) is 0. The summed E-state index contributed by atoms with van der Waals surface area (Å²) in [5.41, 5.74) is 0. The number of rotatable bonds is 0. The third kappa shape index (κ3) is 0.408. The van der Waals surface area contributed by atoms with Crippen molar-refractivity contribution in [3.05, 3.63) is 0 Å². The van der Waals surface area contributed by atoms with Crippen LogP contribution in [0.25, 0.3) is 0 Å². The largest absolute Gasteiger partial charge is 0.459 e. The standard InChI is InChI=1S/C7H8O3/c8-7-4-1-3-2-5(10-7)6(4)9-3/h3-6H,1-2H2/t3-,4-,5-,6-/m1/s1. The van der Waals surface area contributed by atoms with Crippen LogP contribution in [-0.2, 0) is 14.3 Å². The van der Waals surface area contributed by atoms with Gasteiger partial charge in [-0.3, -0.25) is 4.79 Å². The molecule has 0 aromatic carbocycles. The van der Waals surface area contributed by atoms with Crippen LogP contribution in [0.5, 0.6) is 0 Å². The van der Waals surface area contributed by atoms with Gasteiger partial charge in [-0.25, -0.2) is 0 Å². The number of esters is 1. The van der Waals surface area contributed by atoms with E-state index in [2.05, 4.69) is 0 Å². The first-order chi connectivity index (χ1) is 4.84. The smallest absolute Gasteiger partial charge is 0.312 e. The lowest BCUT2D eigenvalue weighted by Crippen LogP contribution is -2.22. The van der Waals surface area contributed by atoms with E-state index in [9.17, 15) is 4.79 Å². The zero-order valence-electron chi connectivity index (χ0n) is 5.45. The van der Waals surface area contributed by atoms with Gasteiger partial charge in [0.1, 0.15) is 12.2 Å². The second-order valence-corrected chi connectivity index (χ2v) is 3.28. The van der Waals surface area contributed by atoms with E-state index in [-0.39, 0.29) is 24.1 Å². The van der Waals surface area contributed by atoms with Crippen molar-refractivity contribution in [3.8, 4) is 0 Å². The molecule has 0 aliphatic carbocycles. The Labute approximate surface area is 58.3 Å². The Morgan fingerprint density at radius 2 is 2.30 bits per heavy atom. The van der Waals surface area contributed by atoms with E-state index in [0.717, 1.165) is 12.8 Å². The lowest BCUT2D eigenvalue weighted by atomic mass is 9.90. The Morgan fingerprint density at radius 1 is 1.40 bits per heavy atom. The maximum Gasteiger partial charge on any atom is 0.312 e. The molecule has 3 heterocycles. The third-order valence-corrected chi connectivity index (χ3v) is 2.69. The van der Waals surface area contributed by atoms with Gasteiger partial charge in [0.05, 0.1) is 12.0 Å². The van der Waals surface area contributed by atoms with Crippen molar-refractivity contribution in [2.24, 2.45) is 5.92 Å². The first-order valence-electron chi connectivity index (χ1n) is 3.70. The maximum absolute atomic E-state index is 11.0. The van der Waals surface area contributed by atoms with E-state index >= 15 is 0 Å². The molecular weight excluding hydrogens is 132 g/mol. The monoisotopic (exact) mass is 140 g/mol. The number of carbonyl (C=O) groups is 1. The quantitative estimate of drug-likeness (QED) is 0.447. The van der Waals surface area contributed by atoms with Crippen LogP contribution in [0.15, 0.2) is 0 Å². The summed E-state index contributed by atoms with van der Waals surface area (Å²) in [6.45, 7) is 0. The first kappa shape index (κ1) is 5.13. The second kappa shape index (κ2) is 1.37.